The fraction of sp³-hybridized carbons (Fsp3) is 0.350. The maximum atomic E-state index is 13.4. The highest BCUT2D eigenvalue weighted by Gasteiger charge is 2.30. The van der Waals surface area contributed by atoms with Crippen molar-refractivity contribution in [2.75, 3.05) is 39.5 Å². The van der Waals surface area contributed by atoms with Gasteiger partial charge >= 0.3 is 0 Å². The molecule has 2 aliphatic heterocycles. The average Bonchev–Trinajstić information content (AvgIpc) is 2.69. The zero-order chi connectivity index (χ0) is 17.1. The summed E-state index contributed by atoms with van der Waals surface area (Å²) >= 11 is 0. The number of carbonyl (C=O) groups is 1. The molecule has 2 aliphatic rings. The topological polar surface area (TPSA) is 48.0 Å². The lowest BCUT2D eigenvalue weighted by Crippen LogP contribution is -2.42. The second kappa shape index (κ2) is 7.25. The van der Waals surface area contributed by atoms with Crippen molar-refractivity contribution in [2.45, 2.75) is 6.04 Å². The normalized spacial score (nSPS) is 18.6. The number of ketones is 1. The Labute approximate surface area is 147 Å². The minimum Gasteiger partial charge on any atom is -0.486 e. The van der Waals surface area contributed by atoms with Gasteiger partial charge in [0.25, 0.3) is 0 Å². The highest BCUT2D eigenvalue weighted by Crippen LogP contribution is 2.33. The molecule has 1 saturated heterocycles. The Morgan fingerprint density at radius 3 is 2.36 bits per heavy atom. The highest BCUT2D eigenvalue weighted by atomic mass is 16.6. The Balaban J connectivity index is 1.67. The van der Waals surface area contributed by atoms with Gasteiger partial charge in [-0.25, -0.2) is 0 Å². The van der Waals surface area contributed by atoms with Crippen LogP contribution in [0, 0.1) is 0 Å². The van der Waals surface area contributed by atoms with Crippen molar-refractivity contribution in [3.63, 3.8) is 0 Å². The van der Waals surface area contributed by atoms with Crippen molar-refractivity contribution in [2.24, 2.45) is 0 Å². The third kappa shape index (κ3) is 3.38. The quantitative estimate of drug-likeness (QED) is 0.802. The maximum Gasteiger partial charge on any atom is 0.184 e. The lowest BCUT2D eigenvalue weighted by atomic mass is 9.95. The molecule has 130 valence electrons. The number of carbonyl (C=O) groups excluding carboxylic acids is 1. The number of benzene rings is 2. The molecular weight excluding hydrogens is 318 g/mol. The molecule has 0 saturated carbocycles. The van der Waals surface area contributed by atoms with Gasteiger partial charge in [-0.05, 0) is 23.8 Å². The Kier molecular flexibility index (Phi) is 4.68. The number of Topliss-reactive ketones (excluding diaryl/α,β-unsaturated/α-hetero) is 1. The number of morpholine rings is 1. The van der Waals surface area contributed by atoms with E-state index in [1.54, 1.807) is 6.07 Å². The SMILES string of the molecule is O=C(c1ccc2c(c1)OCCO2)C(c1ccccc1)N1CCOCC1. The Bertz CT molecular complexity index is 741. The first kappa shape index (κ1) is 16.1. The number of ether oxygens (including phenoxy) is 3. The van der Waals surface area contributed by atoms with Crippen LogP contribution in [0.25, 0.3) is 0 Å². The van der Waals surface area contributed by atoms with E-state index in [4.69, 9.17) is 14.2 Å². The molecule has 1 atom stereocenters. The van der Waals surface area contributed by atoms with Crippen molar-refractivity contribution in [1.82, 2.24) is 4.90 Å². The predicted molar refractivity (Wildman–Crippen MR) is 93.3 cm³/mol. The van der Waals surface area contributed by atoms with Crippen molar-refractivity contribution >= 4 is 5.78 Å². The van der Waals surface area contributed by atoms with Crippen LogP contribution < -0.4 is 9.47 Å². The molecule has 5 nitrogen and oxygen atoms in total. The average molecular weight is 339 g/mol. The van der Waals surface area contributed by atoms with Crippen molar-refractivity contribution < 1.29 is 19.0 Å². The molecule has 0 radical (unpaired) electrons. The number of hydrogen-bond acceptors (Lipinski definition) is 5. The molecule has 2 aromatic carbocycles. The van der Waals surface area contributed by atoms with Gasteiger partial charge in [0.2, 0.25) is 0 Å². The van der Waals surface area contributed by atoms with Crippen LogP contribution in [0.2, 0.25) is 0 Å². The van der Waals surface area contributed by atoms with Gasteiger partial charge in [0.15, 0.2) is 17.3 Å². The Hall–Kier alpha value is -2.37. The number of fused-ring (bicyclic) bond motifs is 1. The summed E-state index contributed by atoms with van der Waals surface area (Å²) in [6.45, 7) is 3.85. The van der Waals surface area contributed by atoms with Gasteiger partial charge in [-0.1, -0.05) is 30.3 Å². The van der Waals surface area contributed by atoms with Crippen molar-refractivity contribution in [1.29, 1.82) is 0 Å². The van der Waals surface area contributed by atoms with E-state index in [9.17, 15) is 4.79 Å². The second-order valence-electron chi connectivity index (χ2n) is 6.18. The fourth-order valence-corrected chi connectivity index (χ4v) is 3.35. The smallest absolute Gasteiger partial charge is 0.184 e. The predicted octanol–water partition coefficient (Wildman–Crippen LogP) is 2.71. The minimum atomic E-state index is -0.312. The van der Waals surface area contributed by atoms with E-state index in [0.29, 0.717) is 43.5 Å². The molecule has 1 fully saturated rings. The number of hydrogen-bond donors (Lipinski definition) is 0. The van der Waals surface area contributed by atoms with Gasteiger partial charge in [0.1, 0.15) is 13.2 Å². The van der Waals surface area contributed by atoms with E-state index in [0.717, 1.165) is 18.7 Å². The molecule has 1 unspecified atom stereocenters. The van der Waals surface area contributed by atoms with Crippen LogP contribution in [-0.2, 0) is 4.74 Å². The summed E-state index contributed by atoms with van der Waals surface area (Å²) in [5.41, 5.74) is 1.65. The Morgan fingerprint density at radius 2 is 1.60 bits per heavy atom. The molecule has 5 heteroatoms. The molecule has 0 spiro atoms. The molecule has 0 N–H and O–H groups in total. The van der Waals surface area contributed by atoms with Crippen LogP contribution in [0.15, 0.2) is 48.5 Å². The van der Waals surface area contributed by atoms with E-state index in [-0.39, 0.29) is 11.8 Å². The van der Waals surface area contributed by atoms with Crippen LogP contribution in [0.5, 0.6) is 11.5 Å². The zero-order valence-corrected chi connectivity index (χ0v) is 14.0. The fourth-order valence-electron chi connectivity index (χ4n) is 3.35. The maximum absolute atomic E-state index is 13.4. The third-order valence-corrected chi connectivity index (χ3v) is 4.60. The summed E-state index contributed by atoms with van der Waals surface area (Å²) in [6.07, 6.45) is 0. The molecular formula is C20H21NO4. The van der Waals surface area contributed by atoms with E-state index in [2.05, 4.69) is 4.90 Å². The van der Waals surface area contributed by atoms with Gasteiger partial charge in [0.05, 0.1) is 19.3 Å². The minimum absolute atomic E-state index is 0.0741. The highest BCUT2D eigenvalue weighted by molar-refractivity contribution is 6.01. The van der Waals surface area contributed by atoms with Gasteiger partial charge < -0.3 is 14.2 Å². The lowest BCUT2D eigenvalue weighted by molar-refractivity contribution is 0.0172. The summed E-state index contributed by atoms with van der Waals surface area (Å²) in [6, 6.07) is 15.1. The largest absolute Gasteiger partial charge is 0.486 e. The Morgan fingerprint density at radius 1 is 0.880 bits per heavy atom. The molecule has 0 amide bonds. The van der Waals surface area contributed by atoms with E-state index in [1.165, 1.54) is 0 Å². The van der Waals surface area contributed by atoms with Gasteiger partial charge in [-0.2, -0.15) is 0 Å². The molecule has 4 rings (SSSR count). The first-order valence-electron chi connectivity index (χ1n) is 8.63. The zero-order valence-electron chi connectivity index (χ0n) is 14.0. The lowest BCUT2D eigenvalue weighted by Gasteiger charge is -2.34. The van der Waals surface area contributed by atoms with Gasteiger partial charge in [-0.15, -0.1) is 0 Å². The summed E-state index contributed by atoms with van der Waals surface area (Å²) in [4.78, 5) is 15.5. The van der Waals surface area contributed by atoms with E-state index < -0.39 is 0 Å². The first-order chi connectivity index (χ1) is 12.3. The van der Waals surface area contributed by atoms with Gasteiger partial charge in [-0.3, -0.25) is 9.69 Å². The van der Waals surface area contributed by atoms with Crippen molar-refractivity contribution in [3.8, 4) is 11.5 Å². The number of rotatable bonds is 4. The molecule has 0 bridgehead atoms. The standard InChI is InChI=1S/C20H21NO4/c22-20(16-6-7-17-18(14-16)25-13-12-24-17)19(15-4-2-1-3-5-15)21-8-10-23-11-9-21/h1-7,14,19H,8-13H2. The summed E-state index contributed by atoms with van der Waals surface area (Å²) in [5, 5.41) is 0. The van der Waals surface area contributed by atoms with Crippen LogP contribution in [0.1, 0.15) is 22.0 Å². The third-order valence-electron chi connectivity index (χ3n) is 4.60. The number of nitrogens with zero attached hydrogens (tertiary/aromatic N) is 1. The molecule has 2 aromatic rings. The monoisotopic (exact) mass is 339 g/mol. The van der Waals surface area contributed by atoms with Crippen LogP contribution >= 0.6 is 0 Å². The summed E-state index contributed by atoms with van der Waals surface area (Å²) < 4.78 is 16.6. The molecule has 2 heterocycles. The van der Waals surface area contributed by atoms with E-state index in [1.807, 2.05) is 42.5 Å². The first-order valence-corrected chi connectivity index (χ1v) is 8.63. The van der Waals surface area contributed by atoms with Crippen LogP contribution in [0.3, 0.4) is 0 Å². The summed E-state index contributed by atoms with van der Waals surface area (Å²) in [5.74, 6) is 1.42. The second-order valence-corrected chi connectivity index (χ2v) is 6.18. The van der Waals surface area contributed by atoms with Crippen LogP contribution in [0.4, 0.5) is 0 Å². The van der Waals surface area contributed by atoms with Gasteiger partial charge in [0, 0.05) is 18.7 Å². The molecule has 0 aliphatic carbocycles. The molecule has 0 aromatic heterocycles. The molecule has 25 heavy (non-hydrogen) atoms. The van der Waals surface area contributed by atoms with Crippen LogP contribution in [-0.4, -0.2) is 50.2 Å². The van der Waals surface area contributed by atoms with Crippen molar-refractivity contribution in [3.05, 3.63) is 59.7 Å². The summed E-state index contributed by atoms with van der Waals surface area (Å²) in [7, 11) is 0. The van der Waals surface area contributed by atoms with E-state index >= 15 is 0 Å².